The van der Waals surface area contributed by atoms with Crippen molar-refractivity contribution >= 4 is 21.7 Å². The van der Waals surface area contributed by atoms with Crippen LogP contribution in [-0.2, 0) is 14.8 Å². The zero-order valence-corrected chi connectivity index (χ0v) is 11.1. The highest BCUT2D eigenvalue weighted by Crippen LogP contribution is 2.26. The van der Waals surface area contributed by atoms with Crippen LogP contribution in [0.1, 0.15) is 12.5 Å². The van der Waals surface area contributed by atoms with Crippen LogP contribution >= 0.6 is 0 Å². The van der Waals surface area contributed by atoms with Gasteiger partial charge in [0.25, 0.3) is 0 Å². The Labute approximate surface area is 106 Å². The van der Waals surface area contributed by atoms with Crippen molar-refractivity contribution in [3.8, 4) is 5.75 Å². The first-order chi connectivity index (χ1) is 8.27. The Hall–Kier alpha value is -1.76. The molecule has 0 heterocycles. The molecule has 100 valence electrons. The van der Waals surface area contributed by atoms with Crippen molar-refractivity contribution in [3.05, 3.63) is 23.8 Å². The first-order valence-electron chi connectivity index (χ1n) is 5.17. The molecule has 1 rings (SSSR count). The second-order valence-electron chi connectivity index (χ2n) is 3.83. The van der Waals surface area contributed by atoms with E-state index in [1.807, 2.05) is 0 Å². The average molecular weight is 273 g/mol. The van der Waals surface area contributed by atoms with Crippen LogP contribution in [0.2, 0.25) is 0 Å². The highest BCUT2D eigenvalue weighted by molar-refractivity contribution is 7.94. The molecule has 0 aliphatic heterocycles. The van der Waals surface area contributed by atoms with Gasteiger partial charge in [-0.3, -0.25) is 9.52 Å². The minimum Gasteiger partial charge on any atom is -0.495 e. The summed E-state index contributed by atoms with van der Waals surface area (Å²) in [6, 6.07) is 4.95. The first-order valence-corrected chi connectivity index (χ1v) is 6.71. The third-order valence-corrected chi connectivity index (χ3v) is 4.06. The lowest BCUT2D eigenvalue weighted by molar-refractivity contribution is -0.136. The molecule has 0 spiro atoms. The van der Waals surface area contributed by atoms with Crippen molar-refractivity contribution in [2.75, 3.05) is 11.8 Å². The lowest BCUT2D eigenvalue weighted by atomic mass is 10.2. The molecule has 1 aromatic rings. The molecule has 0 aromatic heterocycles. The third-order valence-electron chi connectivity index (χ3n) is 2.42. The summed E-state index contributed by atoms with van der Waals surface area (Å²) in [5.41, 5.74) is 1.06. The van der Waals surface area contributed by atoms with E-state index in [1.165, 1.54) is 7.11 Å². The van der Waals surface area contributed by atoms with E-state index in [2.05, 4.69) is 4.72 Å². The summed E-state index contributed by atoms with van der Waals surface area (Å²) in [5.74, 6) is -1.07. The number of hydrogen-bond acceptors (Lipinski definition) is 4. The van der Waals surface area contributed by atoms with Gasteiger partial charge in [-0.15, -0.1) is 0 Å². The SMILES string of the molecule is COc1ccc(C)cc1NS(=O)(=O)C(C)C(=O)O. The average Bonchev–Trinajstić information content (AvgIpc) is 2.27. The zero-order valence-electron chi connectivity index (χ0n) is 10.3. The number of carboxylic acids is 1. The molecule has 0 saturated heterocycles. The maximum absolute atomic E-state index is 11.8. The van der Waals surface area contributed by atoms with Gasteiger partial charge in [-0.25, -0.2) is 8.42 Å². The molecule has 1 unspecified atom stereocenters. The van der Waals surface area contributed by atoms with Gasteiger partial charge < -0.3 is 9.84 Å². The maximum Gasteiger partial charge on any atom is 0.323 e. The molecule has 0 amide bonds. The van der Waals surface area contributed by atoms with Gasteiger partial charge in [-0.05, 0) is 31.5 Å². The van der Waals surface area contributed by atoms with Gasteiger partial charge in [0.2, 0.25) is 10.0 Å². The predicted octanol–water partition coefficient (Wildman–Crippen LogP) is 1.22. The summed E-state index contributed by atoms with van der Waals surface area (Å²) in [6.45, 7) is 2.89. The molecule has 1 aromatic carbocycles. The fraction of sp³-hybridized carbons (Fsp3) is 0.364. The van der Waals surface area contributed by atoms with Gasteiger partial charge in [0.1, 0.15) is 5.75 Å². The topological polar surface area (TPSA) is 92.7 Å². The van der Waals surface area contributed by atoms with Crippen LogP contribution < -0.4 is 9.46 Å². The predicted molar refractivity (Wildman–Crippen MR) is 67.4 cm³/mol. The number of anilines is 1. The van der Waals surface area contributed by atoms with Crippen molar-refractivity contribution in [2.45, 2.75) is 19.1 Å². The fourth-order valence-electron chi connectivity index (χ4n) is 1.28. The minimum atomic E-state index is -3.99. The number of nitrogens with one attached hydrogen (secondary N) is 1. The van der Waals surface area contributed by atoms with E-state index in [-0.39, 0.29) is 5.69 Å². The summed E-state index contributed by atoms with van der Waals surface area (Å²) in [5, 5.41) is 7.19. The molecule has 7 heteroatoms. The summed E-state index contributed by atoms with van der Waals surface area (Å²) in [6.07, 6.45) is 0. The number of rotatable bonds is 5. The molecule has 0 aliphatic carbocycles. The molecule has 0 aliphatic rings. The maximum atomic E-state index is 11.8. The normalized spacial score (nSPS) is 12.8. The Morgan fingerprint density at radius 1 is 1.44 bits per heavy atom. The molecule has 0 fully saturated rings. The number of aliphatic carboxylic acids is 1. The van der Waals surface area contributed by atoms with Gasteiger partial charge in [0.15, 0.2) is 5.25 Å². The van der Waals surface area contributed by atoms with Gasteiger partial charge in [0, 0.05) is 0 Å². The summed E-state index contributed by atoms with van der Waals surface area (Å²) < 4.78 is 30.8. The molecule has 2 N–H and O–H groups in total. The number of hydrogen-bond donors (Lipinski definition) is 2. The minimum absolute atomic E-state index is 0.227. The van der Waals surface area contributed by atoms with Crippen molar-refractivity contribution in [3.63, 3.8) is 0 Å². The number of carbonyl (C=O) groups is 1. The van der Waals surface area contributed by atoms with Crippen molar-refractivity contribution < 1.29 is 23.1 Å². The van der Waals surface area contributed by atoms with Crippen LogP contribution in [0.4, 0.5) is 5.69 Å². The second kappa shape index (κ2) is 5.26. The van der Waals surface area contributed by atoms with Crippen LogP contribution in [0.3, 0.4) is 0 Å². The largest absolute Gasteiger partial charge is 0.495 e. The van der Waals surface area contributed by atoms with E-state index >= 15 is 0 Å². The third kappa shape index (κ3) is 3.13. The van der Waals surface area contributed by atoms with Gasteiger partial charge in [-0.2, -0.15) is 0 Å². The molecule has 6 nitrogen and oxygen atoms in total. The van der Waals surface area contributed by atoms with E-state index < -0.39 is 21.2 Å². The summed E-state index contributed by atoms with van der Waals surface area (Å²) in [4.78, 5) is 10.7. The molecule has 1 atom stereocenters. The Morgan fingerprint density at radius 2 is 2.06 bits per heavy atom. The smallest absolute Gasteiger partial charge is 0.323 e. The Balaban J connectivity index is 3.11. The molecule has 0 radical (unpaired) electrons. The van der Waals surface area contributed by atoms with E-state index in [9.17, 15) is 13.2 Å². The van der Waals surface area contributed by atoms with E-state index in [4.69, 9.17) is 9.84 Å². The van der Waals surface area contributed by atoms with E-state index in [0.29, 0.717) is 5.75 Å². The lowest BCUT2D eigenvalue weighted by Crippen LogP contribution is -2.32. The zero-order chi connectivity index (χ0) is 13.9. The Bertz CT molecular complexity index is 553. The monoisotopic (exact) mass is 273 g/mol. The number of aryl methyl sites for hydroxylation is 1. The molecule has 0 bridgehead atoms. The number of carboxylic acid groups (broad SMARTS) is 1. The first kappa shape index (κ1) is 14.3. The quantitative estimate of drug-likeness (QED) is 0.841. The van der Waals surface area contributed by atoms with Crippen molar-refractivity contribution in [1.82, 2.24) is 0 Å². The van der Waals surface area contributed by atoms with Crippen LogP contribution in [0, 0.1) is 6.92 Å². The van der Waals surface area contributed by atoms with Crippen molar-refractivity contribution in [2.24, 2.45) is 0 Å². The summed E-state index contributed by atoms with van der Waals surface area (Å²) in [7, 11) is -2.59. The highest BCUT2D eigenvalue weighted by atomic mass is 32.2. The second-order valence-corrected chi connectivity index (χ2v) is 5.83. The van der Waals surface area contributed by atoms with Gasteiger partial charge in [-0.1, -0.05) is 6.07 Å². The van der Waals surface area contributed by atoms with Gasteiger partial charge in [0.05, 0.1) is 12.8 Å². The Kier molecular flexibility index (Phi) is 4.18. The van der Waals surface area contributed by atoms with Crippen molar-refractivity contribution in [1.29, 1.82) is 0 Å². The number of sulfonamides is 1. The highest BCUT2D eigenvalue weighted by Gasteiger charge is 2.28. The van der Waals surface area contributed by atoms with E-state index in [1.54, 1.807) is 25.1 Å². The van der Waals surface area contributed by atoms with Gasteiger partial charge >= 0.3 is 5.97 Å². The standard InChI is InChI=1S/C11H15NO5S/c1-7-4-5-10(17-3)9(6-7)12-18(15,16)8(2)11(13)14/h4-6,8,12H,1-3H3,(H,13,14). The number of methoxy groups -OCH3 is 1. The van der Waals surface area contributed by atoms with E-state index in [0.717, 1.165) is 12.5 Å². The Morgan fingerprint density at radius 3 is 2.56 bits per heavy atom. The number of benzene rings is 1. The molecular formula is C11H15NO5S. The fourth-order valence-corrected chi connectivity index (χ4v) is 2.18. The van der Waals surface area contributed by atoms with Crippen LogP contribution in [0.15, 0.2) is 18.2 Å². The molecule has 18 heavy (non-hydrogen) atoms. The number of ether oxygens (including phenoxy) is 1. The summed E-state index contributed by atoms with van der Waals surface area (Å²) >= 11 is 0. The molecular weight excluding hydrogens is 258 g/mol. The van der Waals surface area contributed by atoms with Crippen LogP contribution in [0.5, 0.6) is 5.75 Å². The molecule has 0 saturated carbocycles. The lowest BCUT2D eigenvalue weighted by Gasteiger charge is -2.14. The van der Waals surface area contributed by atoms with Crippen LogP contribution in [-0.4, -0.2) is 31.9 Å². The van der Waals surface area contributed by atoms with Crippen LogP contribution in [0.25, 0.3) is 0 Å².